The summed E-state index contributed by atoms with van der Waals surface area (Å²) >= 11 is 6.06. The van der Waals surface area contributed by atoms with Crippen molar-refractivity contribution in [3.63, 3.8) is 0 Å². The number of benzene rings is 1. The van der Waals surface area contributed by atoms with Gasteiger partial charge in [0.2, 0.25) is 0 Å². The lowest BCUT2D eigenvalue weighted by molar-refractivity contribution is 0.976. The Bertz CT molecular complexity index is 744. The highest BCUT2D eigenvalue weighted by molar-refractivity contribution is 6.31. The summed E-state index contributed by atoms with van der Waals surface area (Å²) in [6.07, 6.45) is 5.81. The Labute approximate surface area is 117 Å². The van der Waals surface area contributed by atoms with Gasteiger partial charge < -0.3 is 4.57 Å². The van der Waals surface area contributed by atoms with E-state index in [1.807, 2.05) is 37.5 Å². The van der Waals surface area contributed by atoms with Gasteiger partial charge in [-0.25, -0.2) is 0 Å². The minimum absolute atomic E-state index is 0.758. The molecule has 3 rings (SSSR count). The number of aryl methyl sites for hydroxylation is 1. The van der Waals surface area contributed by atoms with Crippen molar-refractivity contribution in [1.82, 2.24) is 9.55 Å². The molecule has 19 heavy (non-hydrogen) atoms. The molecule has 0 aliphatic rings. The Balaban J connectivity index is 2.21. The number of fused-ring (bicyclic) bond motifs is 1. The Morgan fingerprint density at radius 1 is 1.16 bits per heavy atom. The van der Waals surface area contributed by atoms with E-state index >= 15 is 0 Å². The van der Waals surface area contributed by atoms with Crippen LogP contribution in [0, 0.1) is 6.42 Å². The lowest BCUT2D eigenvalue weighted by Crippen LogP contribution is -1.92. The van der Waals surface area contributed by atoms with Gasteiger partial charge in [0.25, 0.3) is 0 Å². The summed E-state index contributed by atoms with van der Waals surface area (Å²) in [4.78, 5) is 4.29. The monoisotopic (exact) mass is 269 g/mol. The molecule has 3 heteroatoms. The van der Waals surface area contributed by atoms with Crippen LogP contribution < -0.4 is 0 Å². The summed E-state index contributed by atoms with van der Waals surface area (Å²) in [5, 5.41) is 1.95. The van der Waals surface area contributed by atoms with E-state index in [4.69, 9.17) is 11.6 Å². The second kappa shape index (κ2) is 4.71. The number of aromatic nitrogens is 2. The molecule has 0 N–H and O–H groups in total. The molecule has 2 nitrogen and oxygen atoms in total. The molecule has 1 radical (unpaired) electrons. The van der Waals surface area contributed by atoms with Gasteiger partial charge in [-0.05, 0) is 36.2 Å². The highest BCUT2D eigenvalue weighted by Crippen LogP contribution is 2.29. The fourth-order valence-corrected chi connectivity index (χ4v) is 2.50. The fourth-order valence-electron chi connectivity index (χ4n) is 2.34. The number of hydrogen-bond donors (Lipinski definition) is 0. The summed E-state index contributed by atoms with van der Waals surface area (Å²) in [7, 11) is 2.05. The van der Waals surface area contributed by atoms with E-state index in [1.165, 1.54) is 5.39 Å². The smallest absolute Gasteiger partial charge is 0.0504 e. The lowest BCUT2D eigenvalue weighted by atomic mass is 10.1. The van der Waals surface area contributed by atoms with Crippen molar-refractivity contribution >= 4 is 22.5 Å². The molecule has 0 spiro atoms. The van der Waals surface area contributed by atoms with Crippen molar-refractivity contribution in [2.45, 2.75) is 6.92 Å². The molecular weight excluding hydrogens is 256 g/mol. The third-order valence-electron chi connectivity index (χ3n) is 3.40. The Hall–Kier alpha value is -1.80. The Morgan fingerprint density at radius 3 is 2.79 bits per heavy atom. The molecule has 0 bridgehead atoms. The minimum Gasteiger partial charge on any atom is -0.344 e. The average molecular weight is 270 g/mol. The van der Waals surface area contributed by atoms with Crippen LogP contribution in [0.1, 0.15) is 12.5 Å². The predicted octanol–water partition coefficient (Wildman–Crippen LogP) is 4.47. The quantitative estimate of drug-likeness (QED) is 0.671. The van der Waals surface area contributed by atoms with Gasteiger partial charge in [-0.1, -0.05) is 24.6 Å². The molecule has 0 amide bonds. The van der Waals surface area contributed by atoms with Crippen LogP contribution in [0.5, 0.6) is 0 Å². The number of nitrogens with zero attached hydrogens (tertiary/aromatic N) is 2. The molecule has 0 saturated carbocycles. The molecule has 0 unspecified atom stereocenters. The van der Waals surface area contributed by atoms with E-state index in [9.17, 15) is 0 Å². The van der Waals surface area contributed by atoms with E-state index < -0.39 is 0 Å². The lowest BCUT2D eigenvalue weighted by Gasteiger charge is -2.05. The predicted molar refractivity (Wildman–Crippen MR) is 80.2 cm³/mol. The number of halogens is 1. The zero-order chi connectivity index (χ0) is 13.4. The summed E-state index contributed by atoms with van der Waals surface area (Å²) < 4.78 is 2.15. The molecule has 2 aromatic heterocycles. The van der Waals surface area contributed by atoms with Crippen LogP contribution in [0.3, 0.4) is 0 Å². The standard InChI is InChI=1S/C16H14ClN2/c1-3-11-6-13(10-18-9-11)15-7-12-4-5-14(17)8-16(12)19(15)2/h3-10H,1-2H3. The zero-order valence-corrected chi connectivity index (χ0v) is 11.6. The summed E-state index contributed by atoms with van der Waals surface area (Å²) in [6, 6.07) is 10.3. The molecule has 0 aliphatic heterocycles. The van der Waals surface area contributed by atoms with Crippen molar-refractivity contribution in [3.8, 4) is 11.3 Å². The van der Waals surface area contributed by atoms with Gasteiger partial charge in [0.1, 0.15) is 0 Å². The Morgan fingerprint density at radius 2 is 2.00 bits per heavy atom. The van der Waals surface area contributed by atoms with Gasteiger partial charge in [-0.3, -0.25) is 4.98 Å². The van der Waals surface area contributed by atoms with Crippen LogP contribution in [0.25, 0.3) is 22.2 Å². The topological polar surface area (TPSA) is 17.8 Å². The minimum atomic E-state index is 0.758. The maximum atomic E-state index is 6.06. The molecule has 3 aromatic rings. The summed E-state index contributed by atoms with van der Waals surface area (Å²) in [6.45, 7) is 2.02. The molecular formula is C16H14ClN2. The third kappa shape index (κ3) is 2.13. The van der Waals surface area contributed by atoms with Gasteiger partial charge >= 0.3 is 0 Å². The SMILES string of the molecule is C[CH]c1cncc(-c2cc3ccc(Cl)cc3n2C)c1. The van der Waals surface area contributed by atoms with E-state index in [0.29, 0.717) is 0 Å². The van der Waals surface area contributed by atoms with Crippen LogP contribution in [0.4, 0.5) is 0 Å². The highest BCUT2D eigenvalue weighted by Gasteiger charge is 2.09. The van der Waals surface area contributed by atoms with Crippen LogP contribution in [0.15, 0.2) is 42.7 Å². The maximum absolute atomic E-state index is 6.06. The van der Waals surface area contributed by atoms with Gasteiger partial charge in [0.15, 0.2) is 0 Å². The zero-order valence-electron chi connectivity index (χ0n) is 10.9. The first-order valence-electron chi connectivity index (χ1n) is 6.19. The van der Waals surface area contributed by atoms with Crippen molar-refractivity contribution in [2.24, 2.45) is 7.05 Å². The van der Waals surface area contributed by atoms with Gasteiger partial charge in [0, 0.05) is 40.9 Å². The molecule has 95 valence electrons. The molecule has 0 aliphatic carbocycles. The molecule has 2 heterocycles. The highest BCUT2D eigenvalue weighted by atomic mass is 35.5. The van der Waals surface area contributed by atoms with Crippen molar-refractivity contribution in [3.05, 3.63) is 59.7 Å². The number of hydrogen-bond acceptors (Lipinski definition) is 1. The normalized spacial score (nSPS) is 11.1. The van der Waals surface area contributed by atoms with E-state index in [-0.39, 0.29) is 0 Å². The van der Waals surface area contributed by atoms with Crippen LogP contribution in [-0.2, 0) is 7.05 Å². The molecule has 1 aromatic carbocycles. The molecule has 0 atom stereocenters. The Kier molecular flexibility index (Phi) is 3.03. The first-order valence-corrected chi connectivity index (χ1v) is 6.56. The van der Waals surface area contributed by atoms with Crippen LogP contribution in [-0.4, -0.2) is 9.55 Å². The largest absolute Gasteiger partial charge is 0.344 e. The fraction of sp³-hybridized carbons (Fsp3) is 0.125. The second-order valence-electron chi connectivity index (χ2n) is 4.59. The van der Waals surface area contributed by atoms with E-state index in [1.54, 1.807) is 0 Å². The van der Waals surface area contributed by atoms with Gasteiger partial charge in [-0.2, -0.15) is 0 Å². The number of rotatable bonds is 2. The van der Waals surface area contributed by atoms with E-state index in [0.717, 1.165) is 27.4 Å². The van der Waals surface area contributed by atoms with Crippen molar-refractivity contribution < 1.29 is 0 Å². The van der Waals surface area contributed by atoms with Crippen LogP contribution >= 0.6 is 11.6 Å². The summed E-state index contributed by atoms with van der Waals surface area (Å²) in [5.41, 5.74) is 4.52. The third-order valence-corrected chi connectivity index (χ3v) is 3.63. The maximum Gasteiger partial charge on any atom is 0.0504 e. The van der Waals surface area contributed by atoms with Crippen LogP contribution in [0.2, 0.25) is 5.02 Å². The van der Waals surface area contributed by atoms with Gasteiger partial charge in [-0.15, -0.1) is 0 Å². The molecule has 0 fully saturated rings. The first-order chi connectivity index (χ1) is 9.19. The molecule has 0 saturated heterocycles. The van der Waals surface area contributed by atoms with Crippen molar-refractivity contribution in [1.29, 1.82) is 0 Å². The van der Waals surface area contributed by atoms with E-state index in [2.05, 4.69) is 35.2 Å². The van der Waals surface area contributed by atoms with Crippen molar-refractivity contribution in [2.75, 3.05) is 0 Å². The first kappa shape index (κ1) is 12.2. The van der Waals surface area contributed by atoms with Gasteiger partial charge in [0.05, 0.1) is 5.69 Å². The summed E-state index contributed by atoms with van der Waals surface area (Å²) in [5.74, 6) is 0. The second-order valence-corrected chi connectivity index (χ2v) is 5.02. The number of pyridine rings is 1. The average Bonchev–Trinajstić information content (AvgIpc) is 2.76.